The van der Waals surface area contributed by atoms with Crippen LogP contribution in [-0.4, -0.2) is 24.9 Å². The molecular formula is C22H27N3O2. The highest BCUT2D eigenvalue weighted by molar-refractivity contribution is 6.08. The van der Waals surface area contributed by atoms with Gasteiger partial charge in [-0.15, -0.1) is 0 Å². The van der Waals surface area contributed by atoms with Gasteiger partial charge in [0.05, 0.1) is 12.1 Å². The molecule has 0 bridgehead atoms. The number of anilines is 2. The second kappa shape index (κ2) is 9.76. The molecule has 0 aromatic heterocycles. The van der Waals surface area contributed by atoms with Crippen LogP contribution in [0.4, 0.5) is 11.4 Å². The molecule has 5 nitrogen and oxygen atoms in total. The third-order valence-corrected chi connectivity index (χ3v) is 4.96. The van der Waals surface area contributed by atoms with Crippen LogP contribution in [0.15, 0.2) is 54.6 Å². The first kappa shape index (κ1) is 19.0. The van der Waals surface area contributed by atoms with Gasteiger partial charge in [0.15, 0.2) is 0 Å². The van der Waals surface area contributed by atoms with E-state index in [0.29, 0.717) is 17.2 Å². The van der Waals surface area contributed by atoms with Crippen LogP contribution in [0.2, 0.25) is 0 Å². The van der Waals surface area contributed by atoms with Crippen molar-refractivity contribution < 1.29 is 9.59 Å². The standard InChI is InChI=1S/C22H27N3O2/c26-21(24-15-17-9-3-1-4-10-17)16-23-20-14-8-7-13-19(20)22(27)25-18-11-5-2-6-12-18/h2,5-8,11-14,17,23H,1,3-4,9-10,15-16H2,(H,24,26)(H,25,27). The zero-order valence-corrected chi connectivity index (χ0v) is 15.5. The molecule has 0 atom stereocenters. The fourth-order valence-corrected chi connectivity index (χ4v) is 3.44. The van der Waals surface area contributed by atoms with E-state index < -0.39 is 0 Å². The van der Waals surface area contributed by atoms with Crippen LogP contribution < -0.4 is 16.0 Å². The molecule has 5 heteroatoms. The monoisotopic (exact) mass is 365 g/mol. The van der Waals surface area contributed by atoms with Gasteiger partial charge < -0.3 is 16.0 Å². The molecule has 0 heterocycles. The maximum atomic E-state index is 12.6. The van der Waals surface area contributed by atoms with Gasteiger partial charge in [-0.2, -0.15) is 0 Å². The van der Waals surface area contributed by atoms with Gasteiger partial charge in [-0.25, -0.2) is 0 Å². The summed E-state index contributed by atoms with van der Waals surface area (Å²) in [5.74, 6) is 0.359. The quantitative estimate of drug-likeness (QED) is 0.693. The van der Waals surface area contributed by atoms with Crippen molar-refractivity contribution in [2.24, 2.45) is 5.92 Å². The molecule has 0 saturated heterocycles. The van der Waals surface area contributed by atoms with Gasteiger partial charge >= 0.3 is 0 Å². The molecule has 3 N–H and O–H groups in total. The molecular weight excluding hydrogens is 338 g/mol. The first-order valence-corrected chi connectivity index (χ1v) is 9.68. The van der Waals surface area contributed by atoms with E-state index in [0.717, 1.165) is 12.2 Å². The second-order valence-electron chi connectivity index (χ2n) is 7.03. The van der Waals surface area contributed by atoms with E-state index in [-0.39, 0.29) is 18.4 Å². The maximum Gasteiger partial charge on any atom is 0.257 e. The Morgan fingerprint density at radius 2 is 1.59 bits per heavy atom. The zero-order valence-electron chi connectivity index (χ0n) is 15.5. The summed E-state index contributed by atoms with van der Waals surface area (Å²) in [6.07, 6.45) is 6.26. The molecule has 1 saturated carbocycles. The minimum Gasteiger partial charge on any atom is -0.376 e. The van der Waals surface area contributed by atoms with Gasteiger partial charge in [-0.1, -0.05) is 49.6 Å². The molecule has 0 spiro atoms. The van der Waals surface area contributed by atoms with Gasteiger partial charge in [-0.3, -0.25) is 9.59 Å². The highest BCUT2D eigenvalue weighted by atomic mass is 16.2. The predicted molar refractivity (Wildman–Crippen MR) is 109 cm³/mol. The minimum atomic E-state index is -0.202. The molecule has 3 rings (SSSR count). The molecule has 1 aliphatic rings. The molecule has 2 aromatic carbocycles. The number of hydrogen-bond acceptors (Lipinski definition) is 3. The molecule has 2 amide bonds. The van der Waals surface area contributed by atoms with Crippen LogP contribution in [0.1, 0.15) is 42.5 Å². The largest absolute Gasteiger partial charge is 0.376 e. The number of nitrogens with one attached hydrogen (secondary N) is 3. The first-order valence-electron chi connectivity index (χ1n) is 9.68. The van der Waals surface area contributed by atoms with Crippen LogP contribution in [0.25, 0.3) is 0 Å². The molecule has 0 aliphatic heterocycles. The average Bonchev–Trinajstić information content (AvgIpc) is 2.72. The zero-order chi connectivity index (χ0) is 18.9. The van der Waals surface area contributed by atoms with E-state index in [4.69, 9.17) is 0 Å². The lowest BCUT2D eigenvalue weighted by Gasteiger charge is -2.21. The predicted octanol–water partition coefficient (Wildman–Crippen LogP) is 4.05. The van der Waals surface area contributed by atoms with Crippen molar-refractivity contribution in [3.8, 4) is 0 Å². The smallest absolute Gasteiger partial charge is 0.257 e. The van der Waals surface area contributed by atoms with E-state index in [2.05, 4.69) is 16.0 Å². The number of carbonyl (C=O) groups is 2. The Morgan fingerprint density at radius 3 is 2.37 bits per heavy atom. The summed E-state index contributed by atoms with van der Waals surface area (Å²) in [7, 11) is 0. The molecule has 0 radical (unpaired) electrons. The van der Waals surface area contributed by atoms with Crippen molar-refractivity contribution in [2.45, 2.75) is 32.1 Å². The lowest BCUT2D eigenvalue weighted by Crippen LogP contribution is -2.34. The number of rotatable bonds is 7. The van der Waals surface area contributed by atoms with Gasteiger partial charge in [0.1, 0.15) is 0 Å². The van der Waals surface area contributed by atoms with Crippen LogP contribution in [-0.2, 0) is 4.79 Å². The molecule has 2 aromatic rings. The summed E-state index contributed by atoms with van der Waals surface area (Å²) in [5, 5.41) is 8.98. The molecule has 1 aliphatic carbocycles. The van der Waals surface area contributed by atoms with Crippen molar-refractivity contribution in [1.29, 1.82) is 0 Å². The van der Waals surface area contributed by atoms with Crippen LogP contribution in [0.3, 0.4) is 0 Å². The average molecular weight is 365 g/mol. The normalized spacial score (nSPS) is 14.4. The number of hydrogen-bond donors (Lipinski definition) is 3. The first-order chi connectivity index (χ1) is 13.2. The van der Waals surface area contributed by atoms with Crippen molar-refractivity contribution in [3.63, 3.8) is 0 Å². The van der Waals surface area contributed by atoms with Crippen LogP contribution in [0.5, 0.6) is 0 Å². The molecule has 1 fully saturated rings. The van der Waals surface area contributed by atoms with E-state index >= 15 is 0 Å². The number of benzene rings is 2. The van der Waals surface area contributed by atoms with Gasteiger partial charge in [-0.05, 0) is 43.0 Å². The highest BCUT2D eigenvalue weighted by Gasteiger charge is 2.15. The third kappa shape index (κ3) is 5.84. The van der Waals surface area contributed by atoms with Gasteiger partial charge in [0.2, 0.25) is 5.91 Å². The Kier molecular flexibility index (Phi) is 6.85. The van der Waals surface area contributed by atoms with E-state index in [1.165, 1.54) is 32.1 Å². The lowest BCUT2D eigenvalue weighted by atomic mass is 9.89. The fourth-order valence-electron chi connectivity index (χ4n) is 3.44. The maximum absolute atomic E-state index is 12.6. The minimum absolute atomic E-state index is 0.0427. The summed E-state index contributed by atoms with van der Waals surface area (Å²) in [5.41, 5.74) is 1.91. The second-order valence-corrected chi connectivity index (χ2v) is 7.03. The Balaban J connectivity index is 1.52. The topological polar surface area (TPSA) is 70.2 Å². The van der Waals surface area contributed by atoms with E-state index in [9.17, 15) is 9.59 Å². The summed E-state index contributed by atoms with van der Waals surface area (Å²) < 4.78 is 0. The van der Waals surface area contributed by atoms with Crippen molar-refractivity contribution in [3.05, 3.63) is 60.2 Å². The van der Waals surface area contributed by atoms with E-state index in [1.54, 1.807) is 6.07 Å². The Labute approximate surface area is 160 Å². The summed E-state index contributed by atoms with van der Waals surface area (Å²) in [4.78, 5) is 24.7. The van der Waals surface area contributed by atoms with Crippen molar-refractivity contribution in [1.82, 2.24) is 5.32 Å². The highest BCUT2D eigenvalue weighted by Crippen LogP contribution is 2.22. The Morgan fingerprint density at radius 1 is 0.889 bits per heavy atom. The van der Waals surface area contributed by atoms with Crippen molar-refractivity contribution in [2.75, 3.05) is 23.7 Å². The van der Waals surface area contributed by atoms with Crippen LogP contribution in [0, 0.1) is 5.92 Å². The third-order valence-electron chi connectivity index (χ3n) is 4.96. The van der Waals surface area contributed by atoms with E-state index in [1.807, 2.05) is 48.5 Å². The number of carbonyl (C=O) groups excluding carboxylic acids is 2. The number of para-hydroxylation sites is 2. The van der Waals surface area contributed by atoms with Crippen LogP contribution >= 0.6 is 0 Å². The Hall–Kier alpha value is -2.82. The lowest BCUT2D eigenvalue weighted by molar-refractivity contribution is -0.119. The van der Waals surface area contributed by atoms with Crippen molar-refractivity contribution >= 4 is 23.2 Å². The molecule has 27 heavy (non-hydrogen) atoms. The molecule has 0 unspecified atom stereocenters. The summed E-state index contributed by atoms with van der Waals surface area (Å²) in [6, 6.07) is 16.5. The summed E-state index contributed by atoms with van der Waals surface area (Å²) in [6.45, 7) is 0.902. The number of amides is 2. The Bertz CT molecular complexity index is 755. The fraction of sp³-hybridized carbons (Fsp3) is 0.364. The molecule has 142 valence electrons. The SMILES string of the molecule is O=C(CNc1ccccc1C(=O)Nc1ccccc1)NCC1CCCCC1. The summed E-state index contributed by atoms with van der Waals surface area (Å²) >= 11 is 0. The van der Waals surface area contributed by atoms with Gasteiger partial charge in [0, 0.05) is 17.9 Å². The van der Waals surface area contributed by atoms with Gasteiger partial charge in [0.25, 0.3) is 5.91 Å².